The summed E-state index contributed by atoms with van der Waals surface area (Å²) in [5.41, 5.74) is 2.63. The van der Waals surface area contributed by atoms with Crippen LogP contribution in [0.3, 0.4) is 0 Å². The van der Waals surface area contributed by atoms with Crippen LogP contribution in [0.25, 0.3) is 0 Å². The van der Waals surface area contributed by atoms with Gasteiger partial charge in [-0.2, -0.15) is 11.8 Å². The molecule has 30 heavy (non-hydrogen) atoms. The average Bonchev–Trinajstić information content (AvgIpc) is 2.61. The predicted octanol–water partition coefficient (Wildman–Crippen LogP) is 7.17. The maximum Gasteiger partial charge on any atom is 0.306 e. The standard InChI is InChI=1S/C26H44O3S/c1-9-10-11-12-15-30-18-19(2)29-23(27)14-13-20-16-21(25(3,4)5)24(28)22(17-20)26(6,7)8/h16-17,19,28H,9-15,18H2,1-8H3. The summed E-state index contributed by atoms with van der Waals surface area (Å²) in [4.78, 5) is 12.4. The molecule has 0 heterocycles. The number of phenolic OH excluding ortho intramolecular Hbond substituents is 1. The first-order chi connectivity index (χ1) is 13.9. The summed E-state index contributed by atoms with van der Waals surface area (Å²) in [5.74, 6) is 2.24. The molecule has 0 aliphatic rings. The van der Waals surface area contributed by atoms with E-state index in [1.807, 2.05) is 30.8 Å². The molecule has 0 aliphatic heterocycles. The minimum atomic E-state index is -0.163. The lowest BCUT2D eigenvalue weighted by Gasteiger charge is -2.28. The molecule has 0 amide bonds. The third-order valence-electron chi connectivity index (χ3n) is 5.23. The van der Waals surface area contributed by atoms with E-state index in [0.29, 0.717) is 18.6 Å². The highest BCUT2D eigenvalue weighted by atomic mass is 32.2. The summed E-state index contributed by atoms with van der Waals surface area (Å²) >= 11 is 1.87. The van der Waals surface area contributed by atoms with Crippen LogP contribution >= 0.6 is 11.8 Å². The molecule has 1 unspecified atom stereocenters. The van der Waals surface area contributed by atoms with Gasteiger partial charge in [0.05, 0.1) is 0 Å². The second-order valence-electron chi connectivity index (χ2n) is 10.5. The maximum absolute atomic E-state index is 12.4. The Morgan fingerprint density at radius 3 is 2.10 bits per heavy atom. The van der Waals surface area contributed by atoms with E-state index in [-0.39, 0.29) is 22.9 Å². The van der Waals surface area contributed by atoms with Crippen molar-refractivity contribution in [2.24, 2.45) is 0 Å². The van der Waals surface area contributed by atoms with Gasteiger partial charge in [-0.25, -0.2) is 0 Å². The first kappa shape index (κ1) is 26.9. The SMILES string of the molecule is CCCCCCSCC(C)OC(=O)CCc1cc(C(C)(C)C)c(O)c(C(C)(C)C)c1. The van der Waals surface area contributed by atoms with Gasteiger partial charge in [-0.15, -0.1) is 0 Å². The summed E-state index contributed by atoms with van der Waals surface area (Å²) < 4.78 is 5.61. The van der Waals surface area contributed by atoms with Crippen LogP contribution in [-0.2, 0) is 26.8 Å². The molecule has 0 aromatic heterocycles. The fourth-order valence-electron chi connectivity index (χ4n) is 3.43. The van der Waals surface area contributed by atoms with Gasteiger partial charge in [0, 0.05) is 12.2 Å². The van der Waals surface area contributed by atoms with Gasteiger partial charge < -0.3 is 9.84 Å². The molecular weight excluding hydrogens is 392 g/mol. The predicted molar refractivity (Wildman–Crippen MR) is 131 cm³/mol. The molecule has 0 bridgehead atoms. The van der Waals surface area contributed by atoms with Gasteiger partial charge in [-0.3, -0.25) is 4.79 Å². The Balaban J connectivity index is 2.65. The summed E-state index contributed by atoms with van der Waals surface area (Å²) in [6.45, 7) is 16.8. The van der Waals surface area contributed by atoms with Crippen molar-refractivity contribution in [1.29, 1.82) is 0 Å². The first-order valence-electron chi connectivity index (χ1n) is 11.5. The number of carbonyl (C=O) groups excluding carboxylic acids is 1. The van der Waals surface area contributed by atoms with E-state index in [1.54, 1.807) is 0 Å². The number of benzene rings is 1. The molecule has 1 N–H and O–H groups in total. The van der Waals surface area contributed by atoms with Gasteiger partial charge in [0.2, 0.25) is 0 Å². The van der Waals surface area contributed by atoms with E-state index in [0.717, 1.165) is 28.2 Å². The fourth-order valence-corrected chi connectivity index (χ4v) is 4.40. The second-order valence-corrected chi connectivity index (χ2v) is 11.6. The molecule has 0 radical (unpaired) electrons. The Labute approximate surface area is 189 Å². The Hall–Kier alpha value is -1.16. The lowest BCUT2D eigenvalue weighted by atomic mass is 9.78. The minimum Gasteiger partial charge on any atom is -0.507 e. The molecule has 3 nitrogen and oxygen atoms in total. The van der Waals surface area contributed by atoms with E-state index >= 15 is 0 Å². The molecule has 172 valence electrons. The van der Waals surface area contributed by atoms with Crippen molar-refractivity contribution in [1.82, 2.24) is 0 Å². The number of hydrogen-bond acceptors (Lipinski definition) is 4. The van der Waals surface area contributed by atoms with Crippen LogP contribution in [-0.4, -0.2) is 28.7 Å². The van der Waals surface area contributed by atoms with Crippen molar-refractivity contribution in [2.75, 3.05) is 11.5 Å². The summed E-state index contributed by atoms with van der Waals surface area (Å²) in [5, 5.41) is 10.8. The number of ether oxygens (including phenoxy) is 1. The van der Waals surface area contributed by atoms with E-state index in [4.69, 9.17) is 4.74 Å². The number of aromatic hydroxyl groups is 1. The van der Waals surface area contributed by atoms with Crippen LogP contribution in [0.15, 0.2) is 12.1 Å². The van der Waals surface area contributed by atoms with E-state index in [2.05, 4.69) is 48.5 Å². The number of unbranched alkanes of at least 4 members (excludes halogenated alkanes) is 3. The van der Waals surface area contributed by atoms with Gasteiger partial charge in [0.1, 0.15) is 11.9 Å². The zero-order chi connectivity index (χ0) is 22.9. The Morgan fingerprint density at radius 1 is 1.03 bits per heavy atom. The third-order valence-corrected chi connectivity index (χ3v) is 6.51. The number of carbonyl (C=O) groups is 1. The average molecular weight is 437 g/mol. The summed E-state index contributed by atoms with van der Waals surface area (Å²) in [7, 11) is 0. The molecule has 0 saturated heterocycles. The van der Waals surface area contributed by atoms with Crippen LogP contribution < -0.4 is 0 Å². The van der Waals surface area contributed by atoms with Crippen LogP contribution in [0, 0.1) is 0 Å². The van der Waals surface area contributed by atoms with Crippen molar-refractivity contribution in [2.45, 2.75) is 111 Å². The summed E-state index contributed by atoms with van der Waals surface area (Å²) in [6.07, 6.45) is 6.03. The van der Waals surface area contributed by atoms with Gasteiger partial charge in [-0.1, -0.05) is 79.9 Å². The largest absolute Gasteiger partial charge is 0.507 e. The Bertz CT molecular complexity index is 633. The normalized spacial score (nSPS) is 13.3. The number of aryl methyl sites for hydroxylation is 1. The van der Waals surface area contributed by atoms with Crippen molar-refractivity contribution < 1.29 is 14.6 Å². The van der Waals surface area contributed by atoms with Crippen LogP contribution in [0.1, 0.15) is 104 Å². The molecule has 0 saturated carbocycles. The van der Waals surface area contributed by atoms with Gasteiger partial charge in [-0.05, 0) is 53.0 Å². The summed E-state index contributed by atoms with van der Waals surface area (Å²) in [6, 6.07) is 4.10. The lowest BCUT2D eigenvalue weighted by molar-refractivity contribution is -0.147. The zero-order valence-electron chi connectivity index (χ0n) is 20.6. The third kappa shape index (κ3) is 9.32. The number of thioether (sulfide) groups is 1. The van der Waals surface area contributed by atoms with E-state index in [1.165, 1.54) is 25.7 Å². The molecule has 0 fully saturated rings. The maximum atomic E-state index is 12.4. The molecular formula is C26H44O3S. The number of rotatable bonds is 11. The molecule has 4 heteroatoms. The number of esters is 1. The topological polar surface area (TPSA) is 46.5 Å². The molecule has 1 aromatic carbocycles. The number of hydrogen-bond donors (Lipinski definition) is 1. The van der Waals surface area contributed by atoms with E-state index in [9.17, 15) is 9.90 Å². The first-order valence-corrected chi connectivity index (χ1v) is 12.7. The lowest BCUT2D eigenvalue weighted by Crippen LogP contribution is -2.19. The van der Waals surface area contributed by atoms with Crippen LogP contribution in [0.4, 0.5) is 0 Å². The molecule has 0 aliphatic carbocycles. The molecule has 1 atom stereocenters. The van der Waals surface area contributed by atoms with Crippen molar-refractivity contribution in [3.8, 4) is 5.75 Å². The van der Waals surface area contributed by atoms with Crippen LogP contribution in [0.2, 0.25) is 0 Å². The molecule has 1 aromatic rings. The van der Waals surface area contributed by atoms with Crippen molar-refractivity contribution in [3.05, 3.63) is 28.8 Å². The van der Waals surface area contributed by atoms with Gasteiger partial charge >= 0.3 is 5.97 Å². The monoisotopic (exact) mass is 436 g/mol. The second kappa shape index (κ2) is 12.0. The minimum absolute atomic E-state index is 0.0521. The zero-order valence-corrected chi connectivity index (χ0v) is 21.4. The Kier molecular flexibility index (Phi) is 10.8. The Morgan fingerprint density at radius 2 is 1.60 bits per heavy atom. The van der Waals surface area contributed by atoms with E-state index < -0.39 is 0 Å². The highest BCUT2D eigenvalue weighted by molar-refractivity contribution is 7.99. The smallest absolute Gasteiger partial charge is 0.306 e. The molecule has 0 spiro atoms. The van der Waals surface area contributed by atoms with Gasteiger partial charge in [0.25, 0.3) is 0 Å². The molecule has 1 rings (SSSR count). The highest BCUT2D eigenvalue weighted by Gasteiger charge is 2.26. The van der Waals surface area contributed by atoms with Crippen molar-refractivity contribution >= 4 is 17.7 Å². The fraction of sp³-hybridized carbons (Fsp3) is 0.731. The quantitative estimate of drug-likeness (QED) is 0.295. The highest BCUT2D eigenvalue weighted by Crippen LogP contribution is 2.40. The van der Waals surface area contributed by atoms with Crippen LogP contribution in [0.5, 0.6) is 5.75 Å². The number of phenols is 1. The van der Waals surface area contributed by atoms with Crippen molar-refractivity contribution in [3.63, 3.8) is 0 Å². The van der Waals surface area contributed by atoms with Gasteiger partial charge in [0.15, 0.2) is 0 Å².